The van der Waals surface area contributed by atoms with Crippen LogP contribution < -0.4 is 0 Å². The Morgan fingerprint density at radius 1 is 1.40 bits per heavy atom. The minimum Gasteiger partial charge on any atom is -0.366 e. The molecule has 88 valence electrons. The van der Waals surface area contributed by atoms with E-state index >= 15 is 0 Å². The largest absolute Gasteiger partial charge is 0.366 e. The average Bonchev–Trinajstić information content (AvgIpc) is 2.88. The number of fused-ring (bicyclic) bond motifs is 1. The summed E-state index contributed by atoms with van der Waals surface area (Å²) in [5, 5.41) is 0. The van der Waals surface area contributed by atoms with E-state index in [4.69, 9.17) is 4.74 Å². The summed E-state index contributed by atoms with van der Waals surface area (Å²) in [5.74, 6) is 1.87. The Kier molecular flexibility index (Phi) is 3.39. The maximum absolute atomic E-state index is 5.77. The van der Waals surface area contributed by atoms with Gasteiger partial charge in [0, 0.05) is 0 Å². The fourth-order valence-electron chi connectivity index (χ4n) is 3.14. The molecule has 1 saturated heterocycles. The molecule has 1 aliphatic heterocycles. The molecule has 0 N–H and O–H groups in total. The number of hydrogen-bond acceptors (Lipinski definition) is 1. The van der Waals surface area contributed by atoms with E-state index in [1.165, 1.54) is 44.9 Å². The van der Waals surface area contributed by atoms with Crippen molar-refractivity contribution in [2.24, 2.45) is 11.8 Å². The third-order valence-electron chi connectivity index (χ3n) is 4.63. The maximum Gasteiger partial charge on any atom is 0.0920 e. The van der Waals surface area contributed by atoms with Crippen molar-refractivity contribution in [1.29, 1.82) is 0 Å². The quantitative estimate of drug-likeness (QED) is 0.490. The minimum atomic E-state index is 0.305. The van der Waals surface area contributed by atoms with Gasteiger partial charge in [-0.3, -0.25) is 0 Å². The molecule has 0 amide bonds. The topological polar surface area (TPSA) is 12.5 Å². The number of ether oxygens (including phenoxy) is 1. The predicted octanol–water partition coefficient (Wildman–Crippen LogP) is 4.16. The zero-order chi connectivity index (χ0) is 10.9. The van der Waals surface area contributed by atoms with E-state index in [0.717, 1.165) is 11.8 Å². The third-order valence-corrected chi connectivity index (χ3v) is 4.63. The van der Waals surface area contributed by atoms with Gasteiger partial charge in [0.05, 0.1) is 11.7 Å². The summed E-state index contributed by atoms with van der Waals surface area (Å²) in [6.45, 7) is 7.02. The van der Waals surface area contributed by atoms with Crippen LogP contribution >= 0.6 is 0 Å². The van der Waals surface area contributed by atoms with Crippen LogP contribution in [0.3, 0.4) is 0 Å². The number of unbranched alkanes of at least 4 members (excludes halogenated alkanes) is 2. The van der Waals surface area contributed by atoms with Crippen molar-refractivity contribution >= 4 is 0 Å². The summed E-state index contributed by atoms with van der Waals surface area (Å²) in [7, 11) is 0. The molecule has 2 fully saturated rings. The Balaban J connectivity index is 1.70. The van der Waals surface area contributed by atoms with Crippen molar-refractivity contribution in [3.05, 3.63) is 0 Å². The van der Waals surface area contributed by atoms with Crippen LogP contribution in [0.1, 0.15) is 65.7 Å². The molecule has 4 atom stereocenters. The lowest BCUT2D eigenvalue weighted by molar-refractivity contribution is 0.248. The van der Waals surface area contributed by atoms with Gasteiger partial charge < -0.3 is 4.74 Å². The molecule has 2 rings (SSSR count). The van der Waals surface area contributed by atoms with Crippen LogP contribution in [0.25, 0.3) is 0 Å². The van der Waals surface area contributed by atoms with Crippen molar-refractivity contribution in [3.63, 3.8) is 0 Å². The number of hydrogen-bond donors (Lipinski definition) is 0. The fraction of sp³-hybridized carbons (Fsp3) is 1.00. The Labute approximate surface area is 94.6 Å². The monoisotopic (exact) mass is 210 g/mol. The summed E-state index contributed by atoms with van der Waals surface area (Å²) in [4.78, 5) is 0. The Morgan fingerprint density at radius 2 is 2.20 bits per heavy atom. The zero-order valence-corrected chi connectivity index (χ0v) is 10.6. The van der Waals surface area contributed by atoms with Gasteiger partial charge >= 0.3 is 0 Å². The van der Waals surface area contributed by atoms with E-state index in [0.29, 0.717) is 11.7 Å². The lowest BCUT2D eigenvalue weighted by Crippen LogP contribution is -2.25. The molecule has 1 heterocycles. The molecule has 1 saturated carbocycles. The van der Waals surface area contributed by atoms with Gasteiger partial charge in [-0.2, -0.15) is 0 Å². The van der Waals surface area contributed by atoms with Crippen molar-refractivity contribution < 1.29 is 4.74 Å². The maximum atomic E-state index is 5.77. The normalized spacial score (nSPS) is 41.0. The SMILES string of the molecule is CCCCCC(C)C1CCC2(C)OC2C1. The van der Waals surface area contributed by atoms with Crippen molar-refractivity contribution in [3.8, 4) is 0 Å². The highest BCUT2D eigenvalue weighted by atomic mass is 16.6. The molecule has 2 aliphatic rings. The minimum absolute atomic E-state index is 0.305. The lowest BCUT2D eigenvalue weighted by atomic mass is 9.75. The summed E-state index contributed by atoms with van der Waals surface area (Å²) >= 11 is 0. The fourth-order valence-corrected chi connectivity index (χ4v) is 3.14. The first-order valence-electron chi connectivity index (χ1n) is 6.83. The molecule has 0 bridgehead atoms. The second-order valence-electron chi connectivity index (χ2n) is 5.93. The smallest absolute Gasteiger partial charge is 0.0920 e. The van der Waals surface area contributed by atoms with Gasteiger partial charge in [0.25, 0.3) is 0 Å². The summed E-state index contributed by atoms with van der Waals surface area (Å²) in [6.07, 6.45) is 10.3. The van der Waals surface area contributed by atoms with Gasteiger partial charge in [0.2, 0.25) is 0 Å². The molecule has 1 nitrogen and oxygen atoms in total. The molecule has 0 aromatic carbocycles. The molecule has 15 heavy (non-hydrogen) atoms. The van der Waals surface area contributed by atoms with Crippen LogP contribution in [-0.4, -0.2) is 11.7 Å². The van der Waals surface area contributed by atoms with Crippen LogP contribution in [0.15, 0.2) is 0 Å². The first-order valence-corrected chi connectivity index (χ1v) is 6.83. The number of rotatable bonds is 5. The van der Waals surface area contributed by atoms with Crippen molar-refractivity contribution in [1.82, 2.24) is 0 Å². The predicted molar refractivity (Wildman–Crippen MR) is 63.9 cm³/mol. The van der Waals surface area contributed by atoms with E-state index in [9.17, 15) is 0 Å². The molecule has 0 aromatic heterocycles. The van der Waals surface area contributed by atoms with E-state index in [2.05, 4.69) is 20.8 Å². The van der Waals surface area contributed by atoms with Gasteiger partial charge in [-0.15, -0.1) is 0 Å². The standard InChI is InChI=1S/C14H26O/c1-4-5-6-7-11(2)12-8-9-14(3)13(10-12)15-14/h11-13H,4-10H2,1-3H3. The highest BCUT2D eigenvalue weighted by Crippen LogP contribution is 2.51. The highest BCUT2D eigenvalue weighted by molar-refractivity contribution is 5.03. The van der Waals surface area contributed by atoms with Gasteiger partial charge in [-0.1, -0.05) is 39.5 Å². The first-order chi connectivity index (χ1) is 7.15. The highest BCUT2D eigenvalue weighted by Gasteiger charge is 2.55. The van der Waals surface area contributed by atoms with Gasteiger partial charge in [-0.05, 0) is 38.0 Å². The molecule has 4 unspecified atom stereocenters. The molecular formula is C14H26O. The van der Waals surface area contributed by atoms with Gasteiger partial charge in [0.1, 0.15) is 0 Å². The molecule has 0 spiro atoms. The van der Waals surface area contributed by atoms with Crippen LogP contribution in [0.4, 0.5) is 0 Å². The van der Waals surface area contributed by atoms with E-state index in [1.54, 1.807) is 0 Å². The second kappa shape index (κ2) is 4.45. The van der Waals surface area contributed by atoms with Crippen LogP contribution in [0, 0.1) is 11.8 Å². The number of epoxide rings is 1. The first kappa shape index (κ1) is 11.4. The molecule has 0 aromatic rings. The summed E-state index contributed by atoms with van der Waals surface area (Å²) < 4.78 is 5.77. The van der Waals surface area contributed by atoms with E-state index in [1.807, 2.05) is 0 Å². The zero-order valence-electron chi connectivity index (χ0n) is 10.6. The average molecular weight is 210 g/mol. The molecule has 1 heteroatoms. The molecule has 0 radical (unpaired) electrons. The van der Waals surface area contributed by atoms with Gasteiger partial charge in [0.15, 0.2) is 0 Å². The van der Waals surface area contributed by atoms with Crippen molar-refractivity contribution in [2.45, 2.75) is 77.4 Å². The van der Waals surface area contributed by atoms with Crippen LogP contribution in [0.2, 0.25) is 0 Å². The van der Waals surface area contributed by atoms with Crippen molar-refractivity contribution in [2.75, 3.05) is 0 Å². The lowest BCUT2D eigenvalue weighted by Gasteiger charge is -2.27. The summed E-state index contributed by atoms with van der Waals surface area (Å²) in [6, 6.07) is 0. The van der Waals surface area contributed by atoms with Gasteiger partial charge in [-0.25, -0.2) is 0 Å². The van der Waals surface area contributed by atoms with Crippen LogP contribution in [-0.2, 0) is 4.74 Å². The Bertz CT molecular complexity index is 213. The van der Waals surface area contributed by atoms with Crippen LogP contribution in [0.5, 0.6) is 0 Å². The molecule has 1 aliphatic carbocycles. The molecular weight excluding hydrogens is 184 g/mol. The van der Waals surface area contributed by atoms with E-state index < -0.39 is 0 Å². The summed E-state index contributed by atoms with van der Waals surface area (Å²) in [5.41, 5.74) is 0.305. The second-order valence-corrected chi connectivity index (χ2v) is 5.93. The third kappa shape index (κ3) is 2.55. The Hall–Kier alpha value is -0.0400. The van der Waals surface area contributed by atoms with E-state index in [-0.39, 0.29) is 0 Å². The Morgan fingerprint density at radius 3 is 2.87 bits per heavy atom.